The molecule has 1 aliphatic heterocycles. The predicted molar refractivity (Wildman–Crippen MR) is 99.5 cm³/mol. The van der Waals surface area contributed by atoms with Gasteiger partial charge in [-0.05, 0) is 37.3 Å². The number of hydrogen-bond acceptors (Lipinski definition) is 6. The second kappa shape index (κ2) is 7.10. The minimum Gasteiger partial charge on any atom is -0.485 e. The molecular formula is C19H17N3O6. The highest BCUT2D eigenvalue weighted by Crippen LogP contribution is 2.31. The van der Waals surface area contributed by atoms with Gasteiger partial charge in [0.25, 0.3) is 5.91 Å². The van der Waals surface area contributed by atoms with Gasteiger partial charge in [0.1, 0.15) is 6.61 Å². The van der Waals surface area contributed by atoms with Gasteiger partial charge in [0.05, 0.1) is 11.0 Å². The number of hydrogen-bond donors (Lipinski definition) is 3. The number of carbonyl (C=O) groups is 2. The number of benzene rings is 2. The molecule has 0 fully saturated rings. The zero-order chi connectivity index (χ0) is 19.7. The molecule has 0 saturated carbocycles. The Labute approximate surface area is 158 Å². The standard InChI is InChI=1S/C19H17N3O6/c1-10(17(23)20-11-6-7-12-13(8-11)22-19(25)21-12)27-18(24)16-9-26-14-4-2-3-5-15(14)28-16/h2-8,10,16H,9H2,1H3,(H,20,23)(H2,21,22,25)/t10-,16-/m0/s1. The molecule has 1 amide bonds. The molecule has 0 unspecified atom stereocenters. The van der Waals surface area contributed by atoms with E-state index < -0.39 is 24.1 Å². The number of imidazole rings is 1. The number of rotatable bonds is 4. The maximum Gasteiger partial charge on any atom is 0.351 e. The molecule has 0 saturated heterocycles. The number of H-pyrrole nitrogens is 2. The Hall–Kier alpha value is -3.75. The highest BCUT2D eigenvalue weighted by atomic mass is 16.6. The smallest absolute Gasteiger partial charge is 0.351 e. The Morgan fingerprint density at radius 2 is 1.89 bits per heavy atom. The second-order valence-electron chi connectivity index (χ2n) is 6.27. The SMILES string of the molecule is C[C@H](OC(=O)[C@@H]1COc2ccccc2O1)C(=O)Nc1ccc2[nH]c(=O)[nH]c2c1. The summed E-state index contributed by atoms with van der Waals surface area (Å²) in [4.78, 5) is 41.2. The first-order valence-corrected chi connectivity index (χ1v) is 8.61. The molecule has 0 spiro atoms. The summed E-state index contributed by atoms with van der Waals surface area (Å²) in [6.45, 7) is 1.46. The van der Waals surface area contributed by atoms with E-state index in [1.807, 2.05) is 0 Å². The van der Waals surface area contributed by atoms with Crippen LogP contribution in [0.15, 0.2) is 47.3 Å². The Kier molecular flexibility index (Phi) is 4.48. The quantitative estimate of drug-likeness (QED) is 0.588. The second-order valence-corrected chi connectivity index (χ2v) is 6.27. The predicted octanol–water partition coefficient (Wildman–Crippen LogP) is 1.57. The van der Waals surface area contributed by atoms with E-state index in [0.717, 1.165) is 0 Å². The van der Waals surface area contributed by atoms with Crippen LogP contribution in [0.2, 0.25) is 0 Å². The van der Waals surface area contributed by atoms with Crippen molar-refractivity contribution >= 4 is 28.6 Å². The van der Waals surface area contributed by atoms with Crippen LogP contribution in [0.3, 0.4) is 0 Å². The van der Waals surface area contributed by atoms with E-state index >= 15 is 0 Å². The van der Waals surface area contributed by atoms with Gasteiger partial charge in [-0.3, -0.25) is 4.79 Å². The highest BCUT2D eigenvalue weighted by molar-refractivity contribution is 5.96. The molecular weight excluding hydrogens is 366 g/mol. The number of ether oxygens (including phenoxy) is 3. The third kappa shape index (κ3) is 3.54. The lowest BCUT2D eigenvalue weighted by Crippen LogP contribution is -2.41. The van der Waals surface area contributed by atoms with Gasteiger partial charge in [0.2, 0.25) is 6.10 Å². The van der Waals surface area contributed by atoms with Gasteiger partial charge in [0.15, 0.2) is 17.6 Å². The number of anilines is 1. The molecule has 1 aromatic heterocycles. The van der Waals surface area contributed by atoms with Crippen molar-refractivity contribution in [1.82, 2.24) is 9.97 Å². The molecule has 2 atom stereocenters. The lowest BCUT2D eigenvalue weighted by molar-refractivity contribution is -0.162. The van der Waals surface area contributed by atoms with Crippen molar-refractivity contribution in [3.8, 4) is 11.5 Å². The van der Waals surface area contributed by atoms with E-state index in [2.05, 4.69) is 15.3 Å². The van der Waals surface area contributed by atoms with E-state index in [0.29, 0.717) is 28.2 Å². The molecule has 144 valence electrons. The summed E-state index contributed by atoms with van der Waals surface area (Å²) in [5.41, 5.74) is 1.30. The summed E-state index contributed by atoms with van der Waals surface area (Å²) in [6, 6.07) is 11.9. The first-order chi connectivity index (χ1) is 13.5. The van der Waals surface area contributed by atoms with Crippen molar-refractivity contribution < 1.29 is 23.8 Å². The first kappa shape index (κ1) is 17.7. The zero-order valence-corrected chi connectivity index (χ0v) is 14.9. The molecule has 2 heterocycles. The van der Waals surface area contributed by atoms with Crippen molar-refractivity contribution in [3.05, 3.63) is 52.9 Å². The van der Waals surface area contributed by atoms with Crippen LogP contribution in [0.25, 0.3) is 11.0 Å². The number of aromatic amines is 2. The molecule has 2 aromatic carbocycles. The lowest BCUT2D eigenvalue weighted by atomic mass is 10.2. The van der Waals surface area contributed by atoms with Gasteiger partial charge >= 0.3 is 11.7 Å². The number of carbonyl (C=O) groups excluding carboxylic acids is 2. The largest absolute Gasteiger partial charge is 0.485 e. The van der Waals surface area contributed by atoms with Gasteiger partial charge in [-0.25, -0.2) is 9.59 Å². The highest BCUT2D eigenvalue weighted by Gasteiger charge is 2.31. The molecule has 1 aliphatic rings. The van der Waals surface area contributed by atoms with E-state index in [1.54, 1.807) is 42.5 Å². The van der Waals surface area contributed by atoms with Crippen LogP contribution in [0, 0.1) is 0 Å². The zero-order valence-electron chi connectivity index (χ0n) is 14.9. The van der Waals surface area contributed by atoms with Gasteiger partial charge in [0, 0.05) is 5.69 Å². The maximum atomic E-state index is 12.3. The number of nitrogens with one attached hydrogen (secondary N) is 3. The molecule has 0 aliphatic carbocycles. The minimum atomic E-state index is -1.05. The van der Waals surface area contributed by atoms with Crippen molar-refractivity contribution in [2.75, 3.05) is 11.9 Å². The van der Waals surface area contributed by atoms with Crippen molar-refractivity contribution in [2.45, 2.75) is 19.1 Å². The summed E-state index contributed by atoms with van der Waals surface area (Å²) in [6.07, 6.45) is -2.00. The molecule has 9 heteroatoms. The Bertz CT molecular complexity index is 1100. The van der Waals surface area contributed by atoms with E-state index in [9.17, 15) is 14.4 Å². The molecule has 0 bridgehead atoms. The van der Waals surface area contributed by atoms with Crippen LogP contribution in [0.4, 0.5) is 5.69 Å². The molecule has 3 N–H and O–H groups in total. The molecule has 9 nitrogen and oxygen atoms in total. The summed E-state index contributed by atoms with van der Waals surface area (Å²) in [5.74, 6) is -0.206. The summed E-state index contributed by atoms with van der Waals surface area (Å²) in [7, 11) is 0. The fourth-order valence-electron chi connectivity index (χ4n) is 2.79. The van der Waals surface area contributed by atoms with E-state index in [1.165, 1.54) is 6.92 Å². The Morgan fingerprint density at radius 3 is 2.71 bits per heavy atom. The first-order valence-electron chi connectivity index (χ1n) is 8.61. The van der Waals surface area contributed by atoms with Crippen LogP contribution >= 0.6 is 0 Å². The van der Waals surface area contributed by atoms with Gasteiger partial charge in [-0.15, -0.1) is 0 Å². The third-order valence-corrected chi connectivity index (χ3v) is 4.22. The Morgan fingerprint density at radius 1 is 1.14 bits per heavy atom. The van der Waals surface area contributed by atoms with E-state index in [4.69, 9.17) is 14.2 Å². The van der Waals surface area contributed by atoms with Crippen LogP contribution in [-0.2, 0) is 14.3 Å². The number of fused-ring (bicyclic) bond motifs is 2. The van der Waals surface area contributed by atoms with Gasteiger partial charge < -0.3 is 29.5 Å². The summed E-state index contributed by atoms with van der Waals surface area (Å²) >= 11 is 0. The molecule has 0 radical (unpaired) electrons. The normalized spacial score (nSPS) is 16.4. The molecule has 28 heavy (non-hydrogen) atoms. The van der Waals surface area contributed by atoms with Crippen molar-refractivity contribution in [2.24, 2.45) is 0 Å². The average molecular weight is 383 g/mol. The average Bonchev–Trinajstić information content (AvgIpc) is 3.06. The number of aromatic nitrogens is 2. The fraction of sp³-hybridized carbons (Fsp3) is 0.211. The lowest BCUT2D eigenvalue weighted by Gasteiger charge is -2.25. The fourth-order valence-corrected chi connectivity index (χ4v) is 2.79. The molecule has 3 aromatic rings. The third-order valence-electron chi connectivity index (χ3n) is 4.22. The number of para-hydroxylation sites is 2. The number of amides is 1. The number of esters is 1. The van der Waals surface area contributed by atoms with Gasteiger partial charge in [-0.2, -0.15) is 0 Å². The topological polar surface area (TPSA) is 123 Å². The van der Waals surface area contributed by atoms with Crippen LogP contribution in [0.5, 0.6) is 11.5 Å². The maximum absolute atomic E-state index is 12.3. The van der Waals surface area contributed by atoms with Crippen molar-refractivity contribution in [1.29, 1.82) is 0 Å². The van der Waals surface area contributed by atoms with E-state index in [-0.39, 0.29) is 12.3 Å². The Balaban J connectivity index is 1.37. The summed E-state index contributed by atoms with van der Waals surface area (Å²) in [5, 5.41) is 2.64. The van der Waals surface area contributed by atoms with Crippen LogP contribution in [0.1, 0.15) is 6.92 Å². The minimum absolute atomic E-state index is 0.00169. The monoisotopic (exact) mass is 383 g/mol. The van der Waals surface area contributed by atoms with Crippen LogP contribution in [-0.4, -0.2) is 40.7 Å². The molecule has 4 rings (SSSR count). The van der Waals surface area contributed by atoms with Crippen molar-refractivity contribution in [3.63, 3.8) is 0 Å². The van der Waals surface area contributed by atoms with Gasteiger partial charge in [-0.1, -0.05) is 12.1 Å². The van der Waals surface area contributed by atoms with Crippen LogP contribution < -0.4 is 20.5 Å². The summed E-state index contributed by atoms with van der Waals surface area (Å²) < 4.78 is 16.3.